The van der Waals surface area contributed by atoms with Crippen molar-refractivity contribution in [1.82, 2.24) is 0 Å². The van der Waals surface area contributed by atoms with E-state index in [4.69, 9.17) is 20.5 Å². The van der Waals surface area contributed by atoms with Gasteiger partial charge in [-0.25, -0.2) is 0 Å². The Labute approximate surface area is 94.2 Å². The lowest BCUT2D eigenvalue weighted by atomic mass is 10.2. The summed E-state index contributed by atoms with van der Waals surface area (Å²) in [5, 5.41) is 0. The van der Waals surface area contributed by atoms with Crippen LogP contribution in [0.5, 0.6) is 0 Å². The Balaban J connectivity index is 4.17. The molecule has 2 nitrogen and oxygen atoms in total. The fraction of sp³-hybridized carbons (Fsp3) is 1.00. The lowest BCUT2D eigenvalue weighted by molar-refractivity contribution is 0.184. The maximum Gasteiger partial charge on any atom is 0.335 e. The van der Waals surface area contributed by atoms with Gasteiger partial charge in [-0.1, -0.05) is 13.3 Å². The maximum absolute atomic E-state index is 5.89. The highest BCUT2D eigenvalue weighted by atomic mass is 35.5. The van der Waals surface area contributed by atoms with Gasteiger partial charge in [-0.2, -0.15) is 0 Å². The predicted molar refractivity (Wildman–Crippen MR) is 64.2 cm³/mol. The highest BCUT2D eigenvalue weighted by Gasteiger charge is 2.33. The van der Waals surface area contributed by atoms with E-state index in [1.165, 1.54) is 0 Å². The van der Waals surface area contributed by atoms with Crippen molar-refractivity contribution >= 4 is 20.2 Å². The van der Waals surface area contributed by atoms with E-state index in [-0.39, 0.29) is 0 Å². The largest absolute Gasteiger partial charge is 0.395 e. The van der Waals surface area contributed by atoms with Crippen LogP contribution in [0.3, 0.4) is 0 Å². The number of alkyl halides is 1. The monoisotopic (exact) mass is 238 g/mol. The van der Waals surface area contributed by atoms with Gasteiger partial charge in [-0.05, 0) is 32.4 Å². The van der Waals surface area contributed by atoms with Crippen LogP contribution < -0.4 is 0 Å². The first kappa shape index (κ1) is 14.4. The molecule has 0 spiro atoms. The summed E-state index contributed by atoms with van der Waals surface area (Å²) < 4.78 is 11.5. The second kappa shape index (κ2) is 7.68. The third-order valence-corrected chi connectivity index (χ3v) is 5.91. The molecule has 0 aliphatic heterocycles. The highest BCUT2D eigenvalue weighted by molar-refractivity contribution is 6.66. The summed E-state index contributed by atoms with van der Waals surface area (Å²) >= 11 is 5.89. The Morgan fingerprint density at radius 1 is 1.14 bits per heavy atom. The van der Waals surface area contributed by atoms with Crippen LogP contribution in [0, 0.1) is 5.92 Å². The molecule has 1 atom stereocenters. The average molecular weight is 239 g/mol. The highest BCUT2D eigenvalue weighted by Crippen LogP contribution is 2.23. The zero-order valence-corrected chi connectivity index (χ0v) is 11.6. The fourth-order valence-corrected chi connectivity index (χ4v) is 5.13. The Morgan fingerprint density at radius 3 is 1.93 bits per heavy atom. The minimum absolute atomic E-state index is 0.534. The van der Waals surface area contributed by atoms with Gasteiger partial charge in [-0.3, -0.25) is 0 Å². The standard InChI is InChI=1S/C10H23ClO2Si/c1-5-10(8-11)9-14(4,12-6-2)13-7-3/h10H,5-9H2,1-4H3. The van der Waals surface area contributed by atoms with Crippen LogP contribution in [0.15, 0.2) is 0 Å². The molecule has 86 valence electrons. The minimum Gasteiger partial charge on any atom is -0.395 e. The molecule has 0 bridgehead atoms. The van der Waals surface area contributed by atoms with Gasteiger partial charge < -0.3 is 8.85 Å². The normalized spacial score (nSPS) is 14.4. The molecule has 0 aromatic rings. The zero-order valence-electron chi connectivity index (χ0n) is 9.81. The van der Waals surface area contributed by atoms with Crippen molar-refractivity contribution in [2.45, 2.75) is 39.8 Å². The Hall–Kier alpha value is 0.427. The second-order valence-electron chi connectivity index (χ2n) is 3.63. The quantitative estimate of drug-likeness (QED) is 0.477. The van der Waals surface area contributed by atoms with Gasteiger partial charge >= 0.3 is 8.56 Å². The molecular weight excluding hydrogens is 216 g/mol. The molecular formula is C10H23ClO2Si. The Bertz CT molecular complexity index is 134. The molecule has 0 amide bonds. The lowest BCUT2D eigenvalue weighted by Gasteiger charge is -2.28. The van der Waals surface area contributed by atoms with E-state index in [0.717, 1.165) is 25.7 Å². The summed E-state index contributed by atoms with van der Waals surface area (Å²) in [6.45, 7) is 9.82. The fourth-order valence-electron chi connectivity index (χ4n) is 1.60. The summed E-state index contributed by atoms with van der Waals surface area (Å²) in [5.41, 5.74) is 0. The number of halogens is 1. The van der Waals surface area contributed by atoms with Crippen molar-refractivity contribution in [3.63, 3.8) is 0 Å². The van der Waals surface area contributed by atoms with Crippen LogP contribution >= 0.6 is 11.6 Å². The summed E-state index contributed by atoms with van der Waals surface area (Å²) in [4.78, 5) is 0. The third-order valence-electron chi connectivity index (χ3n) is 2.35. The van der Waals surface area contributed by atoms with Crippen molar-refractivity contribution in [2.24, 2.45) is 5.92 Å². The lowest BCUT2D eigenvalue weighted by Crippen LogP contribution is -2.40. The second-order valence-corrected chi connectivity index (χ2v) is 7.19. The van der Waals surface area contributed by atoms with Crippen molar-refractivity contribution in [3.05, 3.63) is 0 Å². The van der Waals surface area contributed by atoms with Crippen LogP contribution in [-0.2, 0) is 8.85 Å². The summed E-state index contributed by atoms with van der Waals surface area (Å²) in [7, 11) is -1.94. The Kier molecular flexibility index (Phi) is 7.92. The summed E-state index contributed by atoms with van der Waals surface area (Å²) in [6, 6.07) is 1.01. The average Bonchev–Trinajstić information content (AvgIpc) is 2.15. The van der Waals surface area contributed by atoms with E-state index in [1.807, 2.05) is 13.8 Å². The molecule has 0 saturated heterocycles. The molecule has 0 rings (SSSR count). The number of hydrogen-bond acceptors (Lipinski definition) is 2. The van der Waals surface area contributed by atoms with Crippen molar-refractivity contribution in [1.29, 1.82) is 0 Å². The minimum atomic E-state index is -1.94. The van der Waals surface area contributed by atoms with Crippen molar-refractivity contribution in [3.8, 4) is 0 Å². The molecule has 0 radical (unpaired) electrons. The molecule has 4 heteroatoms. The van der Waals surface area contributed by atoms with Crippen molar-refractivity contribution in [2.75, 3.05) is 19.1 Å². The van der Waals surface area contributed by atoms with E-state index >= 15 is 0 Å². The molecule has 1 unspecified atom stereocenters. The van der Waals surface area contributed by atoms with Gasteiger partial charge in [0.15, 0.2) is 0 Å². The van der Waals surface area contributed by atoms with Gasteiger partial charge in [0.05, 0.1) is 0 Å². The first-order valence-corrected chi connectivity index (χ1v) is 8.51. The molecule has 0 heterocycles. The van der Waals surface area contributed by atoms with E-state index in [1.54, 1.807) is 0 Å². The van der Waals surface area contributed by atoms with Gasteiger partial charge in [0.1, 0.15) is 0 Å². The molecule has 0 N–H and O–H groups in total. The van der Waals surface area contributed by atoms with Crippen LogP contribution in [0.1, 0.15) is 27.2 Å². The molecule has 0 aliphatic carbocycles. The number of hydrogen-bond donors (Lipinski definition) is 0. The summed E-state index contributed by atoms with van der Waals surface area (Å²) in [6.07, 6.45) is 1.10. The van der Waals surface area contributed by atoms with E-state index in [2.05, 4.69) is 13.5 Å². The topological polar surface area (TPSA) is 18.5 Å². The molecule has 0 saturated carbocycles. The van der Waals surface area contributed by atoms with Gasteiger partial charge in [0.25, 0.3) is 0 Å². The maximum atomic E-state index is 5.89. The Morgan fingerprint density at radius 2 is 1.64 bits per heavy atom. The van der Waals surface area contributed by atoms with E-state index in [9.17, 15) is 0 Å². The van der Waals surface area contributed by atoms with Gasteiger partial charge in [-0.15, -0.1) is 11.6 Å². The van der Waals surface area contributed by atoms with Gasteiger partial charge in [0, 0.05) is 19.1 Å². The van der Waals surface area contributed by atoms with Crippen LogP contribution in [-0.4, -0.2) is 27.7 Å². The van der Waals surface area contributed by atoms with Crippen LogP contribution in [0.2, 0.25) is 12.6 Å². The van der Waals surface area contributed by atoms with E-state index < -0.39 is 8.56 Å². The summed E-state index contributed by atoms with van der Waals surface area (Å²) in [5.74, 6) is 1.24. The van der Waals surface area contributed by atoms with Crippen LogP contribution in [0.4, 0.5) is 0 Å². The molecule has 0 aliphatic rings. The zero-order chi connectivity index (χ0) is 11.0. The molecule has 14 heavy (non-hydrogen) atoms. The SMILES string of the molecule is CCO[Si](C)(CC(CC)CCl)OCC. The third kappa shape index (κ3) is 5.34. The number of rotatable bonds is 8. The first-order chi connectivity index (χ1) is 6.61. The van der Waals surface area contributed by atoms with Crippen LogP contribution in [0.25, 0.3) is 0 Å². The molecule has 0 fully saturated rings. The van der Waals surface area contributed by atoms with E-state index in [0.29, 0.717) is 11.8 Å². The smallest absolute Gasteiger partial charge is 0.335 e. The molecule has 0 aromatic carbocycles. The first-order valence-electron chi connectivity index (χ1n) is 5.45. The predicted octanol–water partition coefficient (Wildman–Crippen LogP) is 3.40. The molecule has 0 aromatic heterocycles. The van der Waals surface area contributed by atoms with Crippen molar-refractivity contribution < 1.29 is 8.85 Å². The van der Waals surface area contributed by atoms with Gasteiger partial charge in [0.2, 0.25) is 0 Å².